The van der Waals surface area contributed by atoms with Crippen molar-refractivity contribution in [1.29, 1.82) is 0 Å². The van der Waals surface area contributed by atoms with Crippen molar-refractivity contribution in [3.05, 3.63) is 0 Å². The van der Waals surface area contributed by atoms with Crippen LogP contribution < -0.4 is 10.6 Å². The Morgan fingerprint density at radius 2 is 1.70 bits per heavy atom. The summed E-state index contributed by atoms with van der Waals surface area (Å²) < 4.78 is 0. The highest BCUT2D eigenvalue weighted by atomic mass is 16.3. The summed E-state index contributed by atoms with van der Waals surface area (Å²) in [5.74, 6) is 0.786. The number of hydrogen-bond donors (Lipinski definition) is 3. The normalized spacial score (nSPS) is 38.0. The molecule has 1 saturated heterocycles. The topological polar surface area (TPSA) is 44.3 Å². The zero-order valence-corrected chi connectivity index (χ0v) is 12.9. The van der Waals surface area contributed by atoms with Crippen LogP contribution >= 0.6 is 0 Å². The molecule has 2 aliphatic carbocycles. The van der Waals surface area contributed by atoms with Crippen molar-refractivity contribution in [3.63, 3.8) is 0 Å². The first-order valence-corrected chi connectivity index (χ1v) is 8.96. The second-order valence-corrected chi connectivity index (χ2v) is 7.42. The maximum atomic E-state index is 10.5. The third-order valence-corrected chi connectivity index (χ3v) is 5.91. The Labute approximate surface area is 123 Å². The van der Waals surface area contributed by atoms with E-state index in [2.05, 4.69) is 10.6 Å². The van der Waals surface area contributed by atoms with E-state index in [0.717, 1.165) is 31.3 Å². The monoisotopic (exact) mass is 280 g/mol. The van der Waals surface area contributed by atoms with E-state index in [1.165, 1.54) is 64.3 Å². The molecule has 3 atom stereocenters. The molecule has 0 radical (unpaired) electrons. The average molecular weight is 280 g/mol. The predicted octanol–water partition coefficient (Wildman–Crippen LogP) is 2.58. The minimum atomic E-state index is -0.401. The molecule has 3 heteroatoms. The van der Waals surface area contributed by atoms with E-state index in [9.17, 15) is 5.11 Å². The van der Waals surface area contributed by atoms with Crippen LogP contribution in [0.15, 0.2) is 0 Å². The van der Waals surface area contributed by atoms with Crippen LogP contribution in [-0.2, 0) is 0 Å². The number of aliphatic hydroxyl groups is 1. The van der Waals surface area contributed by atoms with Gasteiger partial charge in [-0.1, -0.05) is 32.1 Å². The highest BCUT2D eigenvalue weighted by molar-refractivity contribution is 4.93. The van der Waals surface area contributed by atoms with Gasteiger partial charge in [-0.15, -0.1) is 0 Å². The Kier molecular flexibility index (Phi) is 5.00. The van der Waals surface area contributed by atoms with E-state index in [1.807, 2.05) is 0 Å². The van der Waals surface area contributed by atoms with Gasteiger partial charge in [0.1, 0.15) is 0 Å². The number of hydrogen-bond acceptors (Lipinski definition) is 3. The van der Waals surface area contributed by atoms with E-state index in [1.54, 1.807) is 0 Å². The van der Waals surface area contributed by atoms with E-state index < -0.39 is 5.60 Å². The third kappa shape index (κ3) is 3.55. The van der Waals surface area contributed by atoms with Gasteiger partial charge in [-0.05, 0) is 51.0 Å². The molecule has 0 amide bonds. The van der Waals surface area contributed by atoms with Gasteiger partial charge < -0.3 is 15.7 Å². The summed E-state index contributed by atoms with van der Waals surface area (Å²) >= 11 is 0. The first-order valence-electron chi connectivity index (χ1n) is 8.96. The van der Waals surface area contributed by atoms with Crippen LogP contribution in [0.3, 0.4) is 0 Å². The van der Waals surface area contributed by atoms with E-state index in [4.69, 9.17) is 0 Å². The van der Waals surface area contributed by atoms with Crippen molar-refractivity contribution >= 4 is 0 Å². The zero-order valence-electron chi connectivity index (χ0n) is 12.9. The van der Waals surface area contributed by atoms with Gasteiger partial charge in [0.2, 0.25) is 0 Å². The average Bonchev–Trinajstić information content (AvgIpc) is 2.94. The van der Waals surface area contributed by atoms with Gasteiger partial charge in [-0.2, -0.15) is 0 Å². The van der Waals surface area contributed by atoms with Gasteiger partial charge in [-0.25, -0.2) is 0 Å². The summed E-state index contributed by atoms with van der Waals surface area (Å²) in [6.07, 6.45) is 13.9. The second kappa shape index (κ2) is 6.76. The number of rotatable bonds is 4. The fourth-order valence-electron chi connectivity index (χ4n) is 4.67. The number of piperidine rings is 1. The first kappa shape index (κ1) is 14.8. The summed E-state index contributed by atoms with van der Waals surface area (Å²) in [6.45, 7) is 2.03. The van der Waals surface area contributed by atoms with E-state index in [-0.39, 0.29) is 0 Å². The lowest BCUT2D eigenvalue weighted by Crippen LogP contribution is -2.53. The maximum absolute atomic E-state index is 10.5. The minimum Gasteiger partial charge on any atom is -0.389 e. The lowest BCUT2D eigenvalue weighted by molar-refractivity contribution is 0.0381. The molecule has 0 aromatic heterocycles. The van der Waals surface area contributed by atoms with Crippen molar-refractivity contribution in [2.24, 2.45) is 5.92 Å². The second-order valence-electron chi connectivity index (χ2n) is 7.42. The molecule has 1 heterocycles. The molecule has 2 saturated carbocycles. The van der Waals surface area contributed by atoms with Crippen molar-refractivity contribution in [2.75, 3.05) is 13.1 Å². The molecular formula is C17H32N2O. The molecule has 3 fully saturated rings. The summed E-state index contributed by atoms with van der Waals surface area (Å²) in [5, 5.41) is 18.1. The highest BCUT2D eigenvalue weighted by Crippen LogP contribution is 2.32. The minimum absolute atomic E-state index is 0.401. The van der Waals surface area contributed by atoms with E-state index >= 15 is 0 Å². The summed E-state index contributed by atoms with van der Waals surface area (Å²) in [5.41, 5.74) is -0.401. The van der Waals surface area contributed by atoms with Crippen LogP contribution in [0.25, 0.3) is 0 Å². The molecular weight excluding hydrogens is 248 g/mol. The molecule has 3 unspecified atom stereocenters. The summed E-state index contributed by atoms with van der Waals surface area (Å²) in [7, 11) is 0. The van der Waals surface area contributed by atoms with Crippen LogP contribution in [0.2, 0.25) is 0 Å². The van der Waals surface area contributed by atoms with E-state index in [0.29, 0.717) is 6.04 Å². The van der Waals surface area contributed by atoms with Crippen LogP contribution in [0, 0.1) is 5.92 Å². The van der Waals surface area contributed by atoms with Crippen molar-refractivity contribution in [1.82, 2.24) is 10.6 Å². The lowest BCUT2D eigenvalue weighted by Gasteiger charge is -2.41. The maximum Gasteiger partial charge on any atom is 0.0771 e. The number of nitrogens with one attached hydrogen (secondary N) is 2. The molecule has 1 aliphatic heterocycles. The predicted molar refractivity (Wildman–Crippen MR) is 82.8 cm³/mol. The fourth-order valence-corrected chi connectivity index (χ4v) is 4.67. The van der Waals surface area contributed by atoms with Crippen molar-refractivity contribution < 1.29 is 5.11 Å². The molecule has 3 N–H and O–H groups in total. The largest absolute Gasteiger partial charge is 0.389 e. The standard InChI is InChI=1S/C17H32N2O/c20-17(10-4-5-11-17)13-19-16-8-2-1-7-14(16)15-9-3-6-12-18-15/h14-16,18-20H,1-13H2. The van der Waals surface area contributed by atoms with Crippen LogP contribution in [0.5, 0.6) is 0 Å². The molecule has 3 aliphatic rings. The lowest BCUT2D eigenvalue weighted by atomic mass is 9.77. The van der Waals surface area contributed by atoms with Gasteiger partial charge in [-0.3, -0.25) is 0 Å². The smallest absolute Gasteiger partial charge is 0.0771 e. The summed E-state index contributed by atoms with van der Waals surface area (Å²) in [4.78, 5) is 0. The fraction of sp³-hybridized carbons (Fsp3) is 1.00. The van der Waals surface area contributed by atoms with Crippen LogP contribution in [0.4, 0.5) is 0 Å². The molecule has 20 heavy (non-hydrogen) atoms. The van der Waals surface area contributed by atoms with Gasteiger partial charge in [0.25, 0.3) is 0 Å². The summed E-state index contributed by atoms with van der Waals surface area (Å²) in [6, 6.07) is 1.35. The quantitative estimate of drug-likeness (QED) is 0.741. The molecule has 0 aromatic rings. The highest BCUT2D eigenvalue weighted by Gasteiger charge is 2.35. The SMILES string of the molecule is OC1(CNC2CCCCC2C2CCCCN2)CCCC1. The third-order valence-electron chi connectivity index (χ3n) is 5.91. The molecule has 0 spiro atoms. The molecule has 0 aromatic carbocycles. The van der Waals surface area contributed by atoms with Gasteiger partial charge in [0.15, 0.2) is 0 Å². The zero-order chi connectivity index (χ0) is 13.8. The first-order chi connectivity index (χ1) is 9.77. The van der Waals surface area contributed by atoms with Gasteiger partial charge in [0, 0.05) is 18.6 Å². The Bertz CT molecular complexity index is 295. The molecule has 116 valence electrons. The molecule has 3 nitrogen and oxygen atoms in total. The molecule has 3 rings (SSSR count). The Morgan fingerprint density at radius 3 is 2.45 bits per heavy atom. The van der Waals surface area contributed by atoms with Gasteiger partial charge >= 0.3 is 0 Å². The van der Waals surface area contributed by atoms with Crippen molar-refractivity contribution in [3.8, 4) is 0 Å². The van der Waals surface area contributed by atoms with Crippen LogP contribution in [-0.4, -0.2) is 35.9 Å². The Hall–Kier alpha value is -0.120. The Morgan fingerprint density at radius 1 is 0.950 bits per heavy atom. The molecule has 0 bridgehead atoms. The van der Waals surface area contributed by atoms with Crippen molar-refractivity contribution in [2.45, 2.75) is 88.3 Å². The Balaban J connectivity index is 1.54. The van der Waals surface area contributed by atoms with Crippen LogP contribution in [0.1, 0.15) is 70.6 Å². The van der Waals surface area contributed by atoms with Gasteiger partial charge in [0.05, 0.1) is 5.60 Å².